The van der Waals surface area contributed by atoms with Crippen LogP contribution in [0.25, 0.3) is 17.1 Å². The molecular weight excluding hydrogens is 488 g/mol. The second-order valence-corrected chi connectivity index (χ2v) is 8.29. The minimum Gasteiger partial charge on any atom is -0.493 e. The number of nitrogens with zero attached hydrogens (tertiary/aromatic N) is 4. The maximum Gasteiger partial charge on any atom is 0.361 e. The molecule has 0 aliphatic rings. The summed E-state index contributed by atoms with van der Waals surface area (Å²) in [4.78, 5) is 17.3. The molecule has 4 aromatic rings. The summed E-state index contributed by atoms with van der Waals surface area (Å²) in [5.74, 6) is 1.57. The molecule has 0 saturated heterocycles. The molecule has 188 valence electrons. The van der Waals surface area contributed by atoms with Crippen molar-refractivity contribution < 1.29 is 28.2 Å². The van der Waals surface area contributed by atoms with E-state index in [2.05, 4.69) is 15.3 Å². The molecule has 0 atom stereocenters. The van der Waals surface area contributed by atoms with E-state index < -0.39 is 5.97 Å². The quantitative estimate of drug-likeness (QED) is 0.305. The molecule has 0 amide bonds. The average Bonchev–Trinajstić information content (AvgIpc) is 3.45. The van der Waals surface area contributed by atoms with Crippen LogP contribution in [0.15, 0.2) is 34.7 Å². The van der Waals surface area contributed by atoms with Crippen molar-refractivity contribution in [1.82, 2.24) is 20.0 Å². The smallest absolute Gasteiger partial charge is 0.361 e. The fourth-order valence-corrected chi connectivity index (χ4v) is 3.74. The molecule has 10 nitrogen and oxygen atoms in total. The van der Waals surface area contributed by atoms with Gasteiger partial charge in [0.2, 0.25) is 11.6 Å². The topological polar surface area (TPSA) is 111 Å². The van der Waals surface area contributed by atoms with Gasteiger partial charge in [-0.25, -0.2) is 14.5 Å². The van der Waals surface area contributed by atoms with Crippen molar-refractivity contribution in [2.45, 2.75) is 27.4 Å². The van der Waals surface area contributed by atoms with E-state index in [0.29, 0.717) is 56.6 Å². The van der Waals surface area contributed by atoms with E-state index in [0.717, 1.165) is 5.56 Å². The van der Waals surface area contributed by atoms with Crippen molar-refractivity contribution in [3.05, 3.63) is 63.8 Å². The third kappa shape index (κ3) is 4.72. The van der Waals surface area contributed by atoms with Gasteiger partial charge in [0.25, 0.3) is 0 Å². The number of hydrogen-bond acceptors (Lipinski definition) is 9. The number of benzene rings is 2. The summed E-state index contributed by atoms with van der Waals surface area (Å²) in [6.07, 6.45) is 0. The van der Waals surface area contributed by atoms with Gasteiger partial charge >= 0.3 is 5.97 Å². The number of oxazole rings is 1. The van der Waals surface area contributed by atoms with Gasteiger partial charge in [-0.05, 0) is 50.6 Å². The van der Waals surface area contributed by atoms with Crippen LogP contribution in [0.2, 0.25) is 5.02 Å². The number of aromatic nitrogens is 4. The van der Waals surface area contributed by atoms with Gasteiger partial charge in [0.05, 0.1) is 32.7 Å². The summed E-state index contributed by atoms with van der Waals surface area (Å²) in [5, 5.41) is 8.67. The van der Waals surface area contributed by atoms with Crippen LogP contribution in [0, 0.1) is 20.8 Å². The molecular formula is C25H25ClN4O6. The minimum atomic E-state index is -0.631. The highest BCUT2D eigenvalue weighted by Crippen LogP contribution is 2.41. The molecule has 0 fully saturated rings. The standard InChI is InChI=1S/C25H25ClN4O6/c1-13-7-8-17(11-18(13)26)30-14(2)22(28-29-30)25(31)35-12-19-15(3)36-24(27-19)16-9-20(32-4)23(34-6)21(10-16)33-5/h7-11H,12H2,1-6H3. The van der Waals surface area contributed by atoms with Crippen molar-refractivity contribution >= 4 is 17.6 Å². The molecule has 2 aromatic heterocycles. The number of carbonyl (C=O) groups is 1. The average molecular weight is 513 g/mol. The van der Waals surface area contributed by atoms with Crippen LogP contribution in [-0.4, -0.2) is 47.3 Å². The Morgan fingerprint density at radius 1 is 1.03 bits per heavy atom. The van der Waals surface area contributed by atoms with Gasteiger partial charge < -0.3 is 23.4 Å². The lowest BCUT2D eigenvalue weighted by atomic mass is 10.2. The number of hydrogen-bond donors (Lipinski definition) is 0. The third-order valence-electron chi connectivity index (χ3n) is 5.63. The van der Waals surface area contributed by atoms with Crippen molar-refractivity contribution in [2.24, 2.45) is 0 Å². The first-order valence-corrected chi connectivity index (χ1v) is 11.3. The molecule has 4 rings (SSSR count). The normalized spacial score (nSPS) is 10.9. The highest BCUT2D eigenvalue weighted by atomic mass is 35.5. The first-order valence-electron chi connectivity index (χ1n) is 10.9. The molecule has 0 saturated carbocycles. The molecule has 0 aliphatic carbocycles. The number of rotatable bonds is 8. The van der Waals surface area contributed by atoms with E-state index in [1.54, 1.807) is 32.0 Å². The van der Waals surface area contributed by atoms with Gasteiger partial charge in [0.15, 0.2) is 17.2 Å². The lowest BCUT2D eigenvalue weighted by Gasteiger charge is -2.12. The van der Waals surface area contributed by atoms with Crippen LogP contribution in [-0.2, 0) is 11.3 Å². The first kappa shape index (κ1) is 25.1. The Kier molecular flexibility index (Phi) is 7.16. The SMILES string of the molecule is COc1cc(-c2nc(COC(=O)c3nnn(-c4ccc(C)c(Cl)c4)c3C)c(C)o2)cc(OC)c1OC. The molecule has 0 N–H and O–H groups in total. The third-order valence-corrected chi connectivity index (χ3v) is 6.04. The number of aryl methyl sites for hydroxylation is 2. The minimum absolute atomic E-state index is 0.0951. The Bertz CT molecular complexity index is 1400. The molecule has 36 heavy (non-hydrogen) atoms. The fraction of sp³-hybridized carbons (Fsp3) is 0.280. The van der Waals surface area contributed by atoms with E-state index in [1.807, 2.05) is 19.1 Å². The van der Waals surface area contributed by atoms with Gasteiger partial charge in [-0.2, -0.15) is 0 Å². The zero-order valence-electron chi connectivity index (χ0n) is 20.7. The second kappa shape index (κ2) is 10.3. The van der Waals surface area contributed by atoms with Gasteiger partial charge in [-0.1, -0.05) is 22.9 Å². The Morgan fingerprint density at radius 3 is 2.33 bits per heavy atom. The summed E-state index contributed by atoms with van der Waals surface area (Å²) in [7, 11) is 4.58. The van der Waals surface area contributed by atoms with E-state index in [1.165, 1.54) is 26.0 Å². The number of ether oxygens (including phenoxy) is 4. The van der Waals surface area contributed by atoms with Gasteiger partial charge in [-0.15, -0.1) is 5.10 Å². The van der Waals surface area contributed by atoms with Crippen molar-refractivity contribution in [3.63, 3.8) is 0 Å². The highest BCUT2D eigenvalue weighted by molar-refractivity contribution is 6.31. The Morgan fingerprint density at radius 2 is 1.72 bits per heavy atom. The Balaban J connectivity index is 1.53. The largest absolute Gasteiger partial charge is 0.493 e. The van der Waals surface area contributed by atoms with Crippen LogP contribution in [0.5, 0.6) is 17.2 Å². The molecule has 0 unspecified atom stereocenters. The van der Waals surface area contributed by atoms with Crippen LogP contribution >= 0.6 is 11.6 Å². The Labute approximate surface area is 212 Å². The molecule has 0 aliphatic heterocycles. The number of carbonyl (C=O) groups excluding carboxylic acids is 1. The molecule has 0 bridgehead atoms. The molecule has 0 spiro atoms. The summed E-state index contributed by atoms with van der Waals surface area (Å²) >= 11 is 6.22. The zero-order valence-corrected chi connectivity index (χ0v) is 21.5. The van der Waals surface area contributed by atoms with Crippen molar-refractivity contribution in [1.29, 1.82) is 0 Å². The van der Waals surface area contributed by atoms with Gasteiger partial charge in [0.1, 0.15) is 18.1 Å². The van der Waals surface area contributed by atoms with Gasteiger partial charge in [0, 0.05) is 10.6 Å². The number of halogens is 1. The van der Waals surface area contributed by atoms with Crippen molar-refractivity contribution in [3.8, 4) is 34.4 Å². The van der Waals surface area contributed by atoms with Gasteiger partial charge in [-0.3, -0.25) is 0 Å². The van der Waals surface area contributed by atoms with Crippen LogP contribution in [0.1, 0.15) is 33.2 Å². The van der Waals surface area contributed by atoms with E-state index >= 15 is 0 Å². The molecule has 11 heteroatoms. The predicted molar refractivity (Wildman–Crippen MR) is 131 cm³/mol. The van der Waals surface area contributed by atoms with E-state index in [9.17, 15) is 4.79 Å². The van der Waals surface area contributed by atoms with E-state index in [-0.39, 0.29) is 12.3 Å². The summed E-state index contributed by atoms with van der Waals surface area (Å²) in [6.45, 7) is 5.26. The van der Waals surface area contributed by atoms with Crippen LogP contribution in [0.4, 0.5) is 0 Å². The fourth-order valence-electron chi connectivity index (χ4n) is 3.57. The Hall–Kier alpha value is -4.05. The molecule has 2 heterocycles. The van der Waals surface area contributed by atoms with Crippen molar-refractivity contribution in [2.75, 3.05) is 21.3 Å². The molecule has 2 aromatic carbocycles. The van der Waals surface area contributed by atoms with Crippen LogP contribution < -0.4 is 14.2 Å². The maximum absolute atomic E-state index is 12.8. The number of methoxy groups -OCH3 is 3. The zero-order chi connectivity index (χ0) is 26.0. The predicted octanol–water partition coefficient (Wildman–Crippen LogP) is 4.88. The summed E-state index contributed by atoms with van der Waals surface area (Å²) in [6, 6.07) is 8.93. The summed E-state index contributed by atoms with van der Waals surface area (Å²) < 4.78 is 29.0. The van der Waals surface area contributed by atoms with Crippen LogP contribution in [0.3, 0.4) is 0 Å². The number of esters is 1. The summed E-state index contributed by atoms with van der Waals surface area (Å²) in [5.41, 5.74) is 3.32. The highest BCUT2D eigenvalue weighted by Gasteiger charge is 2.22. The van der Waals surface area contributed by atoms with E-state index in [4.69, 9.17) is 35.0 Å². The maximum atomic E-state index is 12.8. The lowest BCUT2D eigenvalue weighted by molar-refractivity contribution is 0.0459. The monoisotopic (exact) mass is 512 g/mol. The lowest BCUT2D eigenvalue weighted by Crippen LogP contribution is -2.09. The second-order valence-electron chi connectivity index (χ2n) is 7.88. The first-order chi connectivity index (χ1) is 17.3. The molecule has 0 radical (unpaired) electrons.